The Morgan fingerprint density at radius 2 is 1.96 bits per heavy atom. The topological polar surface area (TPSA) is 57.9 Å². The van der Waals surface area contributed by atoms with Crippen molar-refractivity contribution in [1.82, 2.24) is 4.98 Å². The maximum Gasteiger partial charge on any atom is 0.416 e. The van der Waals surface area contributed by atoms with Crippen LogP contribution in [0.4, 0.5) is 18.9 Å². The lowest BCUT2D eigenvalue weighted by molar-refractivity contribution is -0.137. The molecule has 0 bridgehead atoms. The number of thiazole rings is 1. The van der Waals surface area contributed by atoms with Crippen LogP contribution < -0.4 is 10.1 Å². The Labute approximate surface area is 163 Å². The van der Waals surface area contributed by atoms with Gasteiger partial charge >= 0.3 is 6.18 Å². The van der Waals surface area contributed by atoms with Crippen LogP contribution in [0.15, 0.2) is 60.1 Å². The average Bonchev–Trinajstić information content (AvgIpc) is 3.18. The minimum atomic E-state index is -4.43. The van der Waals surface area contributed by atoms with E-state index < -0.39 is 11.7 Å². The molecule has 3 aromatic rings. The maximum absolute atomic E-state index is 12.8. The Bertz CT molecular complexity index is 1030. The number of anilines is 1. The van der Waals surface area contributed by atoms with Crippen LogP contribution in [0.25, 0.3) is 16.8 Å². The van der Waals surface area contributed by atoms with Crippen molar-refractivity contribution in [3.8, 4) is 23.1 Å². The Morgan fingerprint density at radius 1 is 1.21 bits per heavy atom. The number of nitrogens with zero attached hydrogens (tertiary/aromatic N) is 2. The number of halogens is 3. The first-order valence-corrected chi connectivity index (χ1v) is 8.93. The number of hydrogen-bond donors (Lipinski definition) is 1. The standard InChI is InChI=1S/C20H14F3N3OS/c1-27-17-7-5-13(6-8-17)18-12-28-19(26-18)14(10-24)11-25-16-4-2-3-15(9-16)20(21,22)23/h2-9,11-12,25H,1H3/b14-11+. The molecule has 0 aliphatic carbocycles. The number of rotatable bonds is 5. The van der Waals surface area contributed by atoms with E-state index in [1.165, 1.54) is 29.7 Å². The molecule has 0 aliphatic heterocycles. The average molecular weight is 401 g/mol. The molecule has 3 rings (SSSR count). The first-order valence-electron chi connectivity index (χ1n) is 8.05. The van der Waals surface area contributed by atoms with Gasteiger partial charge in [-0.2, -0.15) is 18.4 Å². The second kappa shape index (κ2) is 8.15. The molecule has 0 aliphatic rings. The van der Waals surface area contributed by atoms with Gasteiger partial charge in [0.1, 0.15) is 22.4 Å². The van der Waals surface area contributed by atoms with Gasteiger partial charge in [-0.3, -0.25) is 0 Å². The third-order valence-corrected chi connectivity index (χ3v) is 4.69. The molecule has 2 aromatic carbocycles. The van der Waals surface area contributed by atoms with Crippen molar-refractivity contribution >= 4 is 22.6 Å². The second-order valence-corrected chi connectivity index (χ2v) is 6.52. The molecule has 0 atom stereocenters. The predicted molar refractivity (Wildman–Crippen MR) is 103 cm³/mol. The number of alkyl halides is 3. The molecule has 4 nitrogen and oxygen atoms in total. The second-order valence-electron chi connectivity index (χ2n) is 5.66. The van der Waals surface area contributed by atoms with Crippen molar-refractivity contribution in [2.24, 2.45) is 0 Å². The zero-order valence-electron chi connectivity index (χ0n) is 14.6. The van der Waals surface area contributed by atoms with Crippen LogP contribution in [0.3, 0.4) is 0 Å². The Balaban J connectivity index is 1.80. The molecule has 1 aromatic heterocycles. The number of methoxy groups -OCH3 is 1. The van der Waals surface area contributed by atoms with Gasteiger partial charge in [-0.25, -0.2) is 4.98 Å². The summed E-state index contributed by atoms with van der Waals surface area (Å²) in [5.74, 6) is 0.724. The summed E-state index contributed by atoms with van der Waals surface area (Å²) in [4.78, 5) is 4.44. The number of nitriles is 1. The van der Waals surface area contributed by atoms with Gasteiger partial charge in [0.2, 0.25) is 0 Å². The highest BCUT2D eigenvalue weighted by Crippen LogP contribution is 2.31. The van der Waals surface area contributed by atoms with Crippen LogP contribution in [0.2, 0.25) is 0 Å². The van der Waals surface area contributed by atoms with Crippen LogP contribution in [0.5, 0.6) is 5.75 Å². The number of hydrogen-bond acceptors (Lipinski definition) is 5. The zero-order chi connectivity index (χ0) is 20.1. The van der Waals surface area contributed by atoms with Crippen LogP contribution in [0, 0.1) is 11.3 Å². The van der Waals surface area contributed by atoms with E-state index in [4.69, 9.17) is 4.74 Å². The maximum atomic E-state index is 12.8. The van der Waals surface area contributed by atoms with E-state index in [0.29, 0.717) is 10.7 Å². The van der Waals surface area contributed by atoms with Crippen LogP contribution in [0.1, 0.15) is 10.6 Å². The summed E-state index contributed by atoms with van der Waals surface area (Å²) in [5.41, 5.74) is 1.26. The fraction of sp³-hybridized carbons (Fsp3) is 0.100. The van der Waals surface area contributed by atoms with Crippen LogP contribution in [-0.4, -0.2) is 12.1 Å². The van der Waals surface area contributed by atoms with E-state index in [0.717, 1.165) is 23.4 Å². The van der Waals surface area contributed by atoms with E-state index in [9.17, 15) is 18.4 Å². The van der Waals surface area contributed by atoms with Gasteiger partial charge in [-0.05, 0) is 42.5 Å². The van der Waals surface area contributed by atoms with Gasteiger partial charge < -0.3 is 10.1 Å². The Hall–Kier alpha value is -3.31. The molecular formula is C20H14F3N3OS. The van der Waals surface area contributed by atoms with E-state index in [1.54, 1.807) is 7.11 Å². The summed E-state index contributed by atoms with van der Waals surface area (Å²) in [6.45, 7) is 0. The summed E-state index contributed by atoms with van der Waals surface area (Å²) in [7, 11) is 1.58. The number of nitrogens with one attached hydrogen (secondary N) is 1. The van der Waals surface area contributed by atoms with Crippen molar-refractivity contribution in [1.29, 1.82) is 5.26 Å². The van der Waals surface area contributed by atoms with Gasteiger partial charge in [0, 0.05) is 22.8 Å². The molecule has 0 radical (unpaired) electrons. The summed E-state index contributed by atoms with van der Waals surface area (Å²) in [6.07, 6.45) is -3.08. The van der Waals surface area contributed by atoms with Gasteiger partial charge in [0.05, 0.1) is 18.4 Å². The largest absolute Gasteiger partial charge is 0.497 e. The van der Waals surface area contributed by atoms with Crippen molar-refractivity contribution in [2.45, 2.75) is 6.18 Å². The molecule has 28 heavy (non-hydrogen) atoms. The van der Waals surface area contributed by atoms with Gasteiger partial charge in [-0.15, -0.1) is 11.3 Å². The summed E-state index contributed by atoms with van der Waals surface area (Å²) in [6, 6.07) is 14.1. The minimum absolute atomic E-state index is 0.224. The molecule has 0 saturated carbocycles. The smallest absolute Gasteiger partial charge is 0.416 e. The Kier molecular flexibility index (Phi) is 5.66. The van der Waals surface area contributed by atoms with E-state index in [2.05, 4.69) is 10.3 Å². The molecule has 142 valence electrons. The quantitative estimate of drug-likeness (QED) is 0.548. The highest BCUT2D eigenvalue weighted by Gasteiger charge is 2.30. The lowest BCUT2D eigenvalue weighted by Gasteiger charge is -2.08. The summed E-state index contributed by atoms with van der Waals surface area (Å²) in [5, 5.41) is 14.4. The molecule has 0 fully saturated rings. The summed E-state index contributed by atoms with van der Waals surface area (Å²) < 4.78 is 43.5. The van der Waals surface area contributed by atoms with E-state index in [-0.39, 0.29) is 11.3 Å². The van der Waals surface area contributed by atoms with Crippen molar-refractivity contribution in [2.75, 3.05) is 12.4 Å². The highest BCUT2D eigenvalue weighted by atomic mass is 32.1. The molecular weight excluding hydrogens is 387 g/mol. The fourth-order valence-corrected chi connectivity index (χ4v) is 3.17. The van der Waals surface area contributed by atoms with Crippen LogP contribution in [-0.2, 0) is 6.18 Å². The molecule has 0 saturated heterocycles. The molecule has 0 amide bonds. The molecule has 0 spiro atoms. The number of allylic oxidation sites excluding steroid dienone is 1. The summed E-state index contributed by atoms with van der Waals surface area (Å²) >= 11 is 1.28. The lowest BCUT2D eigenvalue weighted by atomic mass is 10.2. The third-order valence-electron chi connectivity index (χ3n) is 3.81. The molecule has 8 heteroatoms. The zero-order valence-corrected chi connectivity index (χ0v) is 15.4. The number of ether oxygens (including phenoxy) is 1. The first-order chi connectivity index (χ1) is 13.4. The highest BCUT2D eigenvalue weighted by molar-refractivity contribution is 7.11. The van der Waals surface area contributed by atoms with Gasteiger partial charge in [0.15, 0.2) is 0 Å². The van der Waals surface area contributed by atoms with E-state index in [1.807, 2.05) is 35.7 Å². The number of benzene rings is 2. The van der Waals surface area contributed by atoms with E-state index >= 15 is 0 Å². The number of aromatic nitrogens is 1. The predicted octanol–water partition coefficient (Wildman–Crippen LogP) is 5.81. The first kappa shape index (κ1) is 19.5. The fourth-order valence-electron chi connectivity index (χ4n) is 2.37. The van der Waals surface area contributed by atoms with Crippen LogP contribution >= 0.6 is 11.3 Å². The molecule has 1 heterocycles. The monoisotopic (exact) mass is 401 g/mol. The normalized spacial score (nSPS) is 11.8. The molecule has 1 N–H and O–H groups in total. The minimum Gasteiger partial charge on any atom is -0.497 e. The third kappa shape index (κ3) is 4.50. The van der Waals surface area contributed by atoms with Gasteiger partial charge in [0.25, 0.3) is 0 Å². The van der Waals surface area contributed by atoms with Crippen molar-refractivity contribution in [3.63, 3.8) is 0 Å². The molecule has 0 unspecified atom stereocenters. The Morgan fingerprint density at radius 3 is 2.61 bits per heavy atom. The lowest BCUT2D eigenvalue weighted by Crippen LogP contribution is -2.05. The SMILES string of the molecule is COc1ccc(-c2csc(/C(C#N)=C/Nc3cccc(C(F)(F)F)c3)n2)cc1. The van der Waals surface area contributed by atoms with Gasteiger partial charge in [-0.1, -0.05) is 6.07 Å². The van der Waals surface area contributed by atoms with Crippen molar-refractivity contribution < 1.29 is 17.9 Å². The van der Waals surface area contributed by atoms with Crippen molar-refractivity contribution in [3.05, 3.63) is 70.7 Å².